The number of unbranched alkanes of at least 4 members (excludes halogenated alkanes) is 1. The van der Waals surface area contributed by atoms with Crippen LogP contribution in [0.25, 0.3) is 0 Å². The molecule has 0 fully saturated rings. The average Bonchev–Trinajstić information content (AvgIpc) is 2.75. The summed E-state index contributed by atoms with van der Waals surface area (Å²) in [7, 11) is -0.200. The van der Waals surface area contributed by atoms with E-state index in [9.17, 15) is 13.2 Å². The van der Waals surface area contributed by atoms with E-state index in [-0.39, 0.29) is 29.0 Å². The van der Waals surface area contributed by atoms with Crippen LogP contribution < -0.4 is 9.62 Å². The lowest BCUT2D eigenvalue weighted by molar-refractivity contribution is 0.0789. The van der Waals surface area contributed by atoms with Crippen LogP contribution in [-0.4, -0.2) is 52.5 Å². The number of hydrogen-bond acceptors (Lipinski definition) is 4. The van der Waals surface area contributed by atoms with Gasteiger partial charge in [0.1, 0.15) is 0 Å². The van der Waals surface area contributed by atoms with E-state index in [1.165, 1.54) is 6.07 Å². The normalized spacial score (nSPS) is 12.4. The van der Waals surface area contributed by atoms with Gasteiger partial charge in [-0.15, -0.1) is 0 Å². The fourth-order valence-electron chi connectivity index (χ4n) is 2.94. The van der Waals surface area contributed by atoms with Gasteiger partial charge in [-0.05, 0) is 37.6 Å². The number of likely N-dealkylation sites (N-methyl/N-ethyl adjacent to an activating group) is 1. The smallest absolute Gasteiger partial charge is 0.254 e. The Labute approximate surface area is 174 Å². The number of amides is 1. The molecule has 0 aliphatic heterocycles. The zero-order chi connectivity index (χ0) is 21.4. The van der Waals surface area contributed by atoms with E-state index in [0.717, 1.165) is 18.5 Å². The second kappa shape index (κ2) is 10.4. The molecule has 0 aliphatic carbocycles. The van der Waals surface area contributed by atoms with Crippen molar-refractivity contribution in [1.29, 1.82) is 0 Å². The number of benzene rings is 2. The largest absolute Gasteiger partial charge is 0.371 e. The summed E-state index contributed by atoms with van der Waals surface area (Å²) in [5.74, 6) is -0.283. The Bertz CT molecular complexity index is 901. The SMILES string of the molecule is CCCCN(C)C(=O)c1ccccc1S(=O)(=O)NC[C@@H](C)N(C)c1ccccc1. The van der Waals surface area contributed by atoms with Crippen molar-refractivity contribution in [3.05, 3.63) is 60.2 Å². The van der Waals surface area contributed by atoms with Gasteiger partial charge in [-0.3, -0.25) is 4.79 Å². The molecule has 6 nitrogen and oxygen atoms in total. The van der Waals surface area contributed by atoms with Crippen LogP contribution in [0.5, 0.6) is 0 Å². The minimum atomic E-state index is -3.82. The van der Waals surface area contributed by atoms with E-state index < -0.39 is 10.0 Å². The molecule has 7 heteroatoms. The summed E-state index contributed by atoms with van der Waals surface area (Å²) in [4.78, 5) is 16.4. The molecule has 158 valence electrons. The van der Waals surface area contributed by atoms with Crippen molar-refractivity contribution in [3.8, 4) is 0 Å². The summed E-state index contributed by atoms with van der Waals surface area (Å²) in [5.41, 5.74) is 1.20. The van der Waals surface area contributed by atoms with Gasteiger partial charge in [0.15, 0.2) is 0 Å². The topological polar surface area (TPSA) is 69.7 Å². The first-order valence-electron chi connectivity index (χ1n) is 9.90. The highest BCUT2D eigenvalue weighted by molar-refractivity contribution is 7.89. The maximum absolute atomic E-state index is 13.0. The molecule has 0 heterocycles. The Morgan fingerprint density at radius 3 is 2.31 bits per heavy atom. The third kappa shape index (κ3) is 6.05. The van der Waals surface area contributed by atoms with Gasteiger partial charge in [0.2, 0.25) is 10.0 Å². The van der Waals surface area contributed by atoms with Crippen molar-refractivity contribution in [2.24, 2.45) is 0 Å². The number of sulfonamides is 1. The van der Waals surface area contributed by atoms with Crippen molar-refractivity contribution in [3.63, 3.8) is 0 Å². The van der Waals surface area contributed by atoms with Gasteiger partial charge in [0.05, 0.1) is 10.5 Å². The minimum absolute atomic E-state index is 0.0166. The number of anilines is 1. The molecule has 0 aromatic heterocycles. The maximum Gasteiger partial charge on any atom is 0.254 e. The highest BCUT2D eigenvalue weighted by Gasteiger charge is 2.24. The molecule has 29 heavy (non-hydrogen) atoms. The fourth-order valence-corrected chi connectivity index (χ4v) is 4.26. The van der Waals surface area contributed by atoms with Crippen LogP contribution in [0.1, 0.15) is 37.0 Å². The molecule has 0 unspecified atom stereocenters. The van der Waals surface area contributed by atoms with Crippen LogP contribution in [0.2, 0.25) is 0 Å². The van der Waals surface area contributed by atoms with Crippen LogP contribution in [0.3, 0.4) is 0 Å². The van der Waals surface area contributed by atoms with Gasteiger partial charge in [-0.25, -0.2) is 13.1 Å². The minimum Gasteiger partial charge on any atom is -0.371 e. The number of carbonyl (C=O) groups is 1. The molecule has 0 radical (unpaired) electrons. The van der Waals surface area contributed by atoms with Crippen molar-refractivity contribution >= 4 is 21.6 Å². The molecule has 0 saturated heterocycles. The van der Waals surface area contributed by atoms with Crippen LogP contribution in [0, 0.1) is 0 Å². The first-order valence-corrected chi connectivity index (χ1v) is 11.4. The zero-order valence-corrected chi connectivity index (χ0v) is 18.4. The quantitative estimate of drug-likeness (QED) is 0.644. The zero-order valence-electron chi connectivity index (χ0n) is 17.6. The molecule has 1 atom stereocenters. The predicted octanol–water partition coefficient (Wildman–Crippen LogP) is 3.36. The first-order chi connectivity index (χ1) is 13.8. The maximum atomic E-state index is 13.0. The van der Waals surface area contributed by atoms with Crippen LogP contribution >= 0.6 is 0 Å². The molecule has 2 aromatic carbocycles. The highest BCUT2D eigenvalue weighted by Crippen LogP contribution is 2.18. The van der Waals surface area contributed by atoms with E-state index in [0.29, 0.717) is 6.54 Å². The Morgan fingerprint density at radius 1 is 1.03 bits per heavy atom. The van der Waals surface area contributed by atoms with Gasteiger partial charge in [-0.2, -0.15) is 0 Å². The van der Waals surface area contributed by atoms with Gasteiger partial charge < -0.3 is 9.80 Å². The summed E-state index contributed by atoms with van der Waals surface area (Å²) in [6, 6.07) is 16.1. The Balaban J connectivity index is 2.14. The van der Waals surface area contributed by atoms with Gasteiger partial charge in [0, 0.05) is 38.9 Å². The Kier molecular flexibility index (Phi) is 8.22. The lowest BCUT2D eigenvalue weighted by atomic mass is 10.2. The third-order valence-electron chi connectivity index (χ3n) is 4.99. The van der Waals surface area contributed by atoms with Crippen LogP contribution in [0.4, 0.5) is 5.69 Å². The van der Waals surface area contributed by atoms with E-state index in [2.05, 4.69) is 4.72 Å². The molecular weight excluding hydrogens is 386 g/mol. The standard InChI is InChI=1S/C22H31N3O3S/c1-5-6-16-24(3)22(26)20-14-10-11-15-21(20)29(27,28)23-17-18(2)25(4)19-12-8-7-9-13-19/h7-15,18,23H,5-6,16-17H2,1-4H3/t18-/m1/s1. The molecule has 0 bridgehead atoms. The van der Waals surface area contributed by atoms with Crippen LogP contribution in [-0.2, 0) is 10.0 Å². The molecular formula is C22H31N3O3S. The summed E-state index contributed by atoms with van der Waals surface area (Å²) in [6.45, 7) is 4.82. The summed E-state index contributed by atoms with van der Waals surface area (Å²) in [6.07, 6.45) is 1.84. The second-order valence-electron chi connectivity index (χ2n) is 7.22. The molecule has 1 amide bonds. The van der Waals surface area contributed by atoms with Crippen LogP contribution in [0.15, 0.2) is 59.5 Å². The number of nitrogens with one attached hydrogen (secondary N) is 1. The number of nitrogens with zero attached hydrogens (tertiary/aromatic N) is 2. The van der Waals surface area contributed by atoms with Crippen molar-refractivity contribution < 1.29 is 13.2 Å². The van der Waals surface area contributed by atoms with E-state index >= 15 is 0 Å². The molecule has 1 N–H and O–H groups in total. The lowest BCUT2D eigenvalue weighted by Crippen LogP contribution is -2.40. The number of carbonyl (C=O) groups excluding carboxylic acids is 1. The molecule has 2 aromatic rings. The highest BCUT2D eigenvalue weighted by atomic mass is 32.2. The molecule has 0 saturated carbocycles. The summed E-state index contributed by atoms with van der Waals surface area (Å²) in [5, 5.41) is 0. The fraction of sp³-hybridized carbons (Fsp3) is 0.409. The molecule has 2 rings (SSSR count). The average molecular weight is 418 g/mol. The monoisotopic (exact) mass is 417 g/mol. The number of rotatable bonds is 10. The lowest BCUT2D eigenvalue weighted by Gasteiger charge is -2.27. The van der Waals surface area contributed by atoms with Crippen molar-refractivity contribution in [2.75, 3.05) is 32.1 Å². The Hall–Kier alpha value is -2.38. The Morgan fingerprint density at radius 2 is 1.66 bits per heavy atom. The van der Waals surface area contributed by atoms with Gasteiger partial charge >= 0.3 is 0 Å². The van der Waals surface area contributed by atoms with Crippen molar-refractivity contribution in [1.82, 2.24) is 9.62 Å². The van der Waals surface area contributed by atoms with Crippen molar-refractivity contribution in [2.45, 2.75) is 37.6 Å². The molecule has 0 aliphatic rings. The summed E-state index contributed by atoms with van der Waals surface area (Å²) >= 11 is 0. The third-order valence-corrected chi connectivity index (χ3v) is 6.48. The van der Waals surface area contributed by atoms with E-state index in [4.69, 9.17) is 0 Å². The van der Waals surface area contributed by atoms with Gasteiger partial charge in [0.25, 0.3) is 5.91 Å². The second-order valence-corrected chi connectivity index (χ2v) is 8.96. The first kappa shape index (κ1) is 22.9. The number of hydrogen-bond donors (Lipinski definition) is 1. The predicted molar refractivity (Wildman–Crippen MR) is 118 cm³/mol. The molecule has 0 spiro atoms. The van der Waals surface area contributed by atoms with Gasteiger partial charge in [-0.1, -0.05) is 43.7 Å². The summed E-state index contributed by atoms with van der Waals surface area (Å²) < 4.78 is 28.6. The van der Waals surface area contributed by atoms with E-state index in [1.807, 2.05) is 56.1 Å². The van der Waals surface area contributed by atoms with E-state index in [1.54, 1.807) is 30.1 Å². The number of para-hydroxylation sites is 1.